The van der Waals surface area contributed by atoms with Gasteiger partial charge in [0.15, 0.2) is 0 Å². The van der Waals surface area contributed by atoms with Gasteiger partial charge >= 0.3 is 31.5 Å². The SMILES string of the molecule is CC(C)(O)C(C)(C)O.OB(O)OB(O)O.[B+3].[B+3]. The van der Waals surface area contributed by atoms with Crippen molar-refractivity contribution in [1.29, 1.82) is 0 Å². The van der Waals surface area contributed by atoms with Crippen LogP contribution in [0, 0.1) is 0 Å². The Balaban J connectivity index is -0.0000000896. The predicted octanol–water partition coefficient (Wildman–Crippen LogP) is -3.29. The van der Waals surface area contributed by atoms with Crippen LogP contribution in [0.15, 0.2) is 0 Å². The van der Waals surface area contributed by atoms with E-state index in [0.717, 1.165) is 0 Å². The minimum atomic E-state index is -2.13. The molecule has 0 radical (unpaired) electrons. The van der Waals surface area contributed by atoms with Crippen LogP contribution < -0.4 is 0 Å². The Morgan fingerprint density at radius 2 is 0.882 bits per heavy atom. The van der Waals surface area contributed by atoms with Gasteiger partial charge < -0.3 is 34.9 Å². The number of hydrogen-bond acceptors (Lipinski definition) is 7. The molecule has 0 unspecified atom stereocenters. The first-order valence-electron chi connectivity index (χ1n) is 4.20. The zero-order valence-electron chi connectivity index (χ0n) is 10.4. The van der Waals surface area contributed by atoms with E-state index in [1.54, 1.807) is 27.7 Å². The third-order valence-electron chi connectivity index (χ3n) is 1.74. The maximum Gasteiger partial charge on any atom is 3.00 e. The summed E-state index contributed by atoms with van der Waals surface area (Å²) < 4.78 is 3.47. The summed E-state index contributed by atoms with van der Waals surface area (Å²) in [7, 11) is -4.25. The quantitative estimate of drug-likeness (QED) is 0.287. The second-order valence-corrected chi connectivity index (χ2v) is 3.91. The summed E-state index contributed by atoms with van der Waals surface area (Å²) in [6.07, 6.45) is 0. The first-order chi connectivity index (χ1) is 6.38. The fourth-order valence-electron chi connectivity index (χ4n) is 0.109. The maximum atomic E-state index is 9.10. The zero-order valence-corrected chi connectivity index (χ0v) is 10.4. The van der Waals surface area contributed by atoms with E-state index in [-0.39, 0.29) is 16.8 Å². The summed E-state index contributed by atoms with van der Waals surface area (Å²) in [6.45, 7) is 6.31. The normalized spacial score (nSPS) is 10.2. The fourth-order valence-corrected chi connectivity index (χ4v) is 0.109. The van der Waals surface area contributed by atoms with Crippen molar-refractivity contribution < 1.29 is 34.9 Å². The van der Waals surface area contributed by atoms with Crippen molar-refractivity contribution >= 4 is 31.5 Å². The summed E-state index contributed by atoms with van der Waals surface area (Å²) in [5, 5.41) is 49.2. The van der Waals surface area contributed by atoms with E-state index >= 15 is 0 Å². The van der Waals surface area contributed by atoms with E-state index in [1.165, 1.54) is 0 Å². The number of rotatable bonds is 3. The minimum absolute atomic E-state index is 0. The Morgan fingerprint density at radius 1 is 0.706 bits per heavy atom. The molecule has 0 aromatic heterocycles. The van der Waals surface area contributed by atoms with E-state index in [9.17, 15) is 0 Å². The van der Waals surface area contributed by atoms with Crippen LogP contribution in [0.2, 0.25) is 0 Å². The second-order valence-electron chi connectivity index (χ2n) is 3.91. The van der Waals surface area contributed by atoms with Gasteiger partial charge in [0.25, 0.3) is 0 Å². The number of aliphatic hydroxyl groups is 2. The van der Waals surface area contributed by atoms with Gasteiger partial charge in [-0.2, -0.15) is 0 Å². The van der Waals surface area contributed by atoms with Crippen LogP contribution >= 0.6 is 0 Å². The predicted molar refractivity (Wildman–Crippen MR) is 65.6 cm³/mol. The topological polar surface area (TPSA) is 131 Å². The van der Waals surface area contributed by atoms with Crippen molar-refractivity contribution in [3.05, 3.63) is 0 Å². The van der Waals surface area contributed by atoms with Crippen LogP contribution in [0.5, 0.6) is 0 Å². The Labute approximate surface area is 106 Å². The maximum absolute atomic E-state index is 9.10. The van der Waals surface area contributed by atoms with Crippen LogP contribution in [0.1, 0.15) is 27.7 Å². The molecule has 6 N–H and O–H groups in total. The summed E-state index contributed by atoms with van der Waals surface area (Å²) in [4.78, 5) is 0. The van der Waals surface area contributed by atoms with Gasteiger partial charge in [0.05, 0.1) is 11.2 Å². The summed E-state index contributed by atoms with van der Waals surface area (Å²) in [5.74, 6) is 0. The molecule has 0 heterocycles. The Kier molecular flexibility index (Phi) is 15.1. The summed E-state index contributed by atoms with van der Waals surface area (Å²) >= 11 is 0. The molecule has 0 amide bonds. The molecule has 7 nitrogen and oxygen atoms in total. The molecule has 17 heavy (non-hydrogen) atoms. The Bertz CT molecular complexity index is 147. The van der Waals surface area contributed by atoms with Gasteiger partial charge in [-0.3, -0.25) is 0 Å². The summed E-state index contributed by atoms with van der Waals surface area (Å²) in [5.41, 5.74) is -2.01. The molecule has 0 spiro atoms. The molecule has 11 heteroatoms. The van der Waals surface area contributed by atoms with E-state index in [2.05, 4.69) is 4.57 Å². The standard InChI is InChI=1S/C6H14O2.B2H4O5.2B/c1-5(2,7)6(3,4)8;3-1(4)7-2(5)6;;/h7-8H,1-4H3;3-6H;;/q;;2*+3. The average molecular weight is 245 g/mol. The second kappa shape index (κ2) is 9.95. The van der Waals surface area contributed by atoms with Gasteiger partial charge in [-0.1, -0.05) is 0 Å². The van der Waals surface area contributed by atoms with Crippen molar-refractivity contribution in [3.63, 3.8) is 0 Å². The third kappa shape index (κ3) is 18.5. The molecule has 0 aromatic rings. The van der Waals surface area contributed by atoms with E-state index < -0.39 is 25.8 Å². The fraction of sp³-hybridized carbons (Fsp3) is 1.00. The third-order valence-corrected chi connectivity index (χ3v) is 1.74. The average Bonchev–Trinajstić information content (AvgIpc) is 1.78. The monoisotopic (exact) mass is 246 g/mol. The molecule has 0 atom stereocenters. The molecule has 0 aliphatic rings. The molecule has 0 aliphatic heterocycles. The first kappa shape index (κ1) is 25.7. The van der Waals surface area contributed by atoms with Crippen molar-refractivity contribution in [2.24, 2.45) is 0 Å². The zero-order chi connectivity index (χ0) is 12.9. The van der Waals surface area contributed by atoms with E-state index in [0.29, 0.717) is 0 Å². The molecular formula is C6H18B4O7+6. The Morgan fingerprint density at radius 3 is 0.882 bits per heavy atom. The smallest absolute Gasteiger partial charge is 0.402 e. The van der Waals surface area contributed by atoms with Crippen LogP contribution in [0.25, 0.3) is 0 Å². The van der Waals surface area contributed by atoms with Gasteiger partial charge in [-0.05, 0) is 27.7 Å². The van der Waals surface area contributed by atoms with Crippen molar-refractivity contribution in [2.75, 3.05) is 0 Å². The molecule has 0 rings (SSSR count). The molecule has 0 bridgehead atoms. The largest absolute Gasteiger partial charge is 3.00 e. The molecule has 90 valence electrons. The van der Waals surface area contributed by atoms with E-state index in [4.69, 9.17) is 30.3 Å². The minimum Gasteiger partial charge on any atom is -0.402 e. The molecule has 0 aliphatic carbocycles. The summed E-state index contributed by atoms with van der Waals surface area (Å²) in [6, 6.07) is 0. The van der Waals surface area contributed by atoms with Gasteiger partial charge in [0, 0.05) is 0 Å². The van der Waals surface area contributed by atoms with Crippen LogP contribution in [-0.4, -0.2) is 73.0 Å². The van der Waals surface area contributed by atoms with Crippen molar-refractivity contribution in [1.82, 2.24) is 0 Å². The molecule has 0 aromatic carbocycles. The van der Waals surface area contributed by atoms with Crippen molar-refractivity contribution in [2.45, 2.75) is 38.9 Å². The molecular weight excluding hydrogens is 227 g/mol. The number of hydrogen-bond donors (Lipinski definition) is 6. The van der Waals surface area contributed by atoms with E-state index in [1.807, 2.05) is 0 Å². The Hall–Kier alpha value is -0.0203. The van der Waals surface area contributed by atoms with Crippen molar-refractivity contribution in [3.8, 4) is 0 Å². The van der Waals surface area contributed by atoms with Gasteiger partial charge in [-0.25, -0.2) is 0 Å². The molecule has 0 saturated carbocycles. The molecule has 0 fully saturated rings. The molecule has 0 saturated heterocycles. The van der Waals surface area contributed by atoms with Crippen LogP contribution in [-0.2, 0) is 4.57 Å². The van der Waals surface area contributed by atoms with Crippen LogP contribution in [0.4, 0.5) is 0 Å². The van der Waals surface area contributed by atoms with Crippen LogP contribution in [0.3, 0.4) is 0 Å². The van der Waals surface area contributed by atoms with Gasteiger partial charge in [0.2, 0.25) is 0 Å². The van der Waals surface area contributed by atoms with Gasteiger partial charge in [-0.15, -0.1) is 0 Å². The first-order valence-corrected chi connectivity index (χ1v) is 4.20. The van der Waals surface area contributed by atoms with Gasteiger partial charge in [0.1, 0.15) is 0 Å².